The summed E-state index contributed by atoms with van der Waals surface area (Å²) in [5.41, 5.74) is 6.10. The van der Waals surface area contributed by atoms with Crippen LogP contribution in [-0.2, 0) is 14.6 Å². The summed E-state index contributed by atoms with van der Waals surface area (Å²) in [4.78, 5) is 15.5. The van der Waals surface area contributed by atoms with E-state index in [1.807, 2.05) is 0 Å². The van der Waals surface area contributed by atoms with Crippen LogP contribution in [-0.4, -0.2) is 25.1 Å². The molecule has 8 heteroatoms. The highest BCUT2D eigenvalue weighted by molar-refractivity contribution is 9.10. The number of halogens is 1. The van der Waals surface area contributed by atoms with Crippen molar-refractivity contribution in [1.82, 2.24) is 4.98 Å². The lowest BCUT2D eigenvalue weighted by molar-refractivity contribution is -0.113. The van der Waals surface area contributed by atoms with Crippen LogP contribution in [0.1, 0.15) is 0 Å². The second kappa shape index (κ2) is 6.23. The van der Waals surface area contributed by atoms with Crippen molar-refractivity contribution in [3.05, 3.63) is 47.2 Å². The average molecular weight is 370 g/mol. The van der Waals surface area contributed by atoms with Crippen LogP contribution >= 0.6 is 15.9 Å². The third-order valence-electron chi connectivity index (χ3n) is 2.61. The van der Waals surface area contributed by atoms with E-state index < -0.39 is 21.5 Å². The molecular weight excluding hydrogens is 358 g/mol. The van der Waals surface area contributed by atoms with Gasteiger partial charge in [-0.3, -0.25) is 9.78 Å². The van der Waals surface area contributed by atoms with Gasteiger partial charge >= 0.3 is 0 Å². The van der Waals surface area contributed by atoms with Gasteiger partial charge in [-0.15, -0.1) is 0 Å². The van der Waals surface area contributed by atoms with E-state index in [4.69, 9.17) is 5.73 Å². The van der Waals surface area contributed by atoms with Crippen molar-refractivity contribution in [1.29, 1.82) is 0 Å². The molecule has 0 spiro atoms. The van der Waals surface area contributed by atoms with Crippen LogP contribution in [0.4, 0.5) is 11.4 Å². The second-order valence-electron chi connectivity index (χ2n) is 4.20. The van der Waals surface area contributed by atoms with E-state index in [0.717, 1.165) is 0 Å². The van der Waals surface area contributed by atoms with E-state index in [9.17, 15) is 13.2 Å². The second-order valence-corrected chi connectivity index (χ2v) is 7.01. The minimum atomic E-state index is -3.82. The Bertz CT molecular complexity index is 778. The summed E-state index contributed by atoms with van der Waals surface area (Å²) in [6.45, 7) is 0. The van der Waals surface area contributed by atoms with Crippen LogP contribution in [0.5, 0.6) is 0 Å². The van der Waals surface area contributed by atoms with E-state index in [1.165, 1.54) is 18.5 Å². The van der Waals surface area contributed by atoms with E-state index in [2.05, 4.69) is 26.2 Å². The molecule has 1 aromatic carbocycles. The van der Waals surface area contributed by atoms with Gasteiger partial charge in [-0.25, -0.2) is 8.42 Å². The number of carbonyl (C=O) groups excluding carboxylic acids is 1. The third kappa shape index (κ3) is 3.79. The molecule has 0 unspecified atom stereocenters. The van der Waals surface area contributed by atoms with E-state index in [1.54, 1.807) is 24.3 Å². The average Bonchev–Trinajstić information content (AvgIpc) is 2.41. The largest absolute Gasteiger partial charge is 0.396 e. The molecule has 2 aromatic rings. The normalized spacial score (nSPS) is 11.1. The number of sulfone groups is 1. The van der Waals surface area contributed by atoms with Gasteiger partial charge in [-0.2, -0.15) is 0 Å². The number of nitrogens with two attached hydrogens (primary N) is 1. The highest BCUT2D eigenvalue weighted by Crippen LogP contribution is 2.22. The Morgan fingerprint density at radius 2 is 2.00 bits per heavy atom. The lowest BCUT2D eigenvalue weighted by Gasteiger charge is -2.09. The Kier molecular flexibility index (Phi) is 4.59. The summed E-state index contributed by atoms with van der Waals surface area (Å²) in [5.74, 6) is -1.33. The molecule has 1 aromatic heterocycles. The van der Waals surface area contributed by atoms with Gasteiger partial charge in [0.05, 0.1) is 22.5 Å². The highest BCUT2D eigenvalue weighted by atomic mass is 79.9. The number of carbonyl (C=O) groups is 1. The topological polar surface area (TPSA) is 102 Å². The first-order chi connectivity index (χ1) is 9.90. The van der Waals surface area contributed by atoms with Gasteiger partial charge in [0.2, 0.25) is 5.91 Å². The number of benzene rings is 1. The van der Waals surface area contributed by atoms with Crippen molar-refractivity contribution in [2.75, 3.05) is 16.8 Å². The number of para-hydroxylation sites is 1. The Labute approximate surface area is 130 Å². The molecule has 21 heavy (non-hydrogen) atoms. The minimum Gasteiger partial charge on any atom is -0.396 e. The number of pyridine rings is 1. The Morgan fingerprint density at radius 3 is 2.67 bits per heavy atom. The molecule has 3 N–H and O–H groups in total. The molecule has 2 rings (SSSR count). The molecule has 1 heterocycles. The van der Waals surface area contributed by atoms with Gasteiger partial charge < -0.3 is 11.1 Å². The van der Waals surface area contributed by atoms with Crippen molar-refractivity contribution in [3.8, 4) is 0 Å². The maximum atomic E-state index is 12.2. The summed E-state index contributed by atoms with van der Waals surface area (Å²) in [7, 11) is -3.82. The molecular formula is C13H12BrN3O3S. The maximum Gasteiger partial charge on any atom is 0.239 e. The number of hydrogen-bond donors (Lipinski definition) is 2. The summed E-state index contributed by atoms with van der Waals surface area (Å²) in [6.07, 6.45) is 2.55. The molecule has 1 amide bonds. The van der Waals surface area contributed by atoms with Gasteiger partial charge in [0, 0.05) is 10.7 Å². The molecule has 0 aliphatic carbocycles. The summed E-state index contributed by atoms with van der Waals surface area (Å²) in [5, 5.41) is 2.53. The first-order valence-electron chi connectivity index (χ1n) is 5.87. The quantitative estimate of drug-likeness (QED) is 0.855. The Balaban J connectivity index is 2.16. The van der Waals surface area contributed by atoms with Crippen LogP contribution in [0.15, 0.2) is 52.1 Å². The predicted octanol–water partition coefficient (Wildman–Crippen LogP) is 1.84. The Hall–Kier alpha value is -1.93. The monoisotopic (exact) mass is 369 g/mol. The maximum absolute atomic E-state index is 12.2. The smallest absolute Gasteiger partial charge is 0.239 e. The standard InChI is InChI=1S/C13H12BrN3O3S/c14-9-3-1-2-4-11(9)17-13(18)8-21(19,20)12-5-6-16-7-10(12)15/h1-7H,8,15H2,(H,17,18). The Morgan fingerprint density at radius 1 is 1.29 bits per heavy atom. The molecule has 0 bridgehead atoms. The first-order valence-corrected chi connectivity index (χ1v) is 8.31. The number of aromatic nitrogens is 1. The third-order valence-corrected chi connectivity index (χ3v) is 4.99. The summed E-state index contributed by atoms with van der Waals surface area (Å²) in [6, 6.07) is 8.20. The summed E-state index contributed by atoms with van der Waals surface area (Å²) >= 11 is 3.27. The van der Waals surface area contributed by atoms with Crippen molar-refractivity contribution < 1.29 is 13.2 Å². The minimum absolute atomic E-state index is 0.0196. The molecule has 0 atom stereocenters. The van der Waals surface area contributed by atoms with Crippen LogP contribution in [0.3, 0.4) is 0 Å². The van der Waals surface area contributed by atoms with Crippen LogP contribution in [0.2, 0.25) is 0 Å². The fraction of sp³-hybridized carbons (Fsp3) is 0.0769. The number of nitrogens with one attached hydrogen (secondary N) is 1. The zero-order valence-electron chi connectivity index (χ0n) is 10.8. The van der Waals surface area contributed by atoms with Gasteiger partial charge in [-0.1, -0.05) is 12.1 Å². The van der Waals surface area contributed by atoms with Crippen molar-refractivity contribution in [3.63, 3.8) is 0 Å². The number of anilines is 2. The molecule has 110 valence electrons. The van der Waals surface area contributed by atoms with Gasteiger partial charge in [0.25, 0.3) is 0 Å². The van der Waals surface area contributed by atoms with Crippen molar-refractivity contribution in [2.45, 2.75) is 4.90 Å². The number of rotatable bonds is 4. The van der Waals surface area contributed by atoms with Gasteiger partial charge in [-0.05, 0) is 34.1 Å². The molecule has 0 saturated carbocycles. The number of nitrogens with zero attached hydrogens (tertiary/aromatic N) is 1. The fourth-order valence-corrected chi connectivity index (χ4v) is 3.31. The molecule has 0 radical (unpaired) electrons. The number of nitrogen functional groups attached to an aromatic ring is 1. The molecule has 6 nitrogen and oxygen atoms in total. The highest BCUT2D eigenvalue weighted by Gasteiger charge is 2.22. The van der Waals surface area contributed by atoms with Gasteiger partial charge in [0.15, 0.2) is 9.84 Å². The van der Waals surface area contributed by atoms with E-state index >= 15 is 0 Å². The molecule has 0 aliphatic heterocycles. The van der Waals surface area contributed by atoms with Gasteiger partial charge in [0.1, 0.15) is 5.75 Å². The molecule has 0 fully saturated rings. The lowest BCUT2D eigenvalue weighted by Crippen LogP contribution is -2.23. The van der Waals surface area contributed by atoms with Crippen LogP contribution in [0, 0.1) is 0 Å². The predicted molar refractivity (Wildman–Crippen MR) is 83.5 cm³/mol. The zero-order chi connectivity index (χ0) is 15.5. The lowest BCUT2D eigenvalue weighted by atomic mass is 10.3. The van der Waals surface area contributed by atoms with Crippen LogP contribution < -0.4 is 11.1 Å². The van der Waals surface area contributed by atoms with E-state index in [0.29, 0.717) is 10.2 Å². The summed E-state index contributed by atoms with van der Waals surface area (Å²) < 4.78 is 25.0. The fourth-order valence-electron chi connectivity index (χ4n) is 1.68. The van der Waals surface area contributed by atoms with Crippen molar-refractivity contribution >= 4 is 43.0 Å². The number of amides is 1. The van der Waals surface area contributed by atoms with Crippen molar-refractivity contribution in [2.24, 2.45) is 0 Å². The first kappa shape index (κ1) is 15.5. The van der Waals surface area contributed by atoms with E-state index in [-0.39, 0.29) is 10.6 Å². The molecule has 0 saturated heterocycles. The SMILES string of the molecule is Nc1cnccc1S(=O)(=O)CC(=O)Nc1ccccc1Br. The molecule has 0 aliphatic rings. The van der Waals surface area contributed by atoms with Crippen LogP contribution in [0.25, 0.3) is 0 Å². The number of hydrogen-bond acceptors (Lipinski definition) is 5. The zero-order valence-corrected chi connectivity index (χ0v) is 13.2.